The summed E-state index contributed by atoms with van der Waals surface area (Å²) >= 11 is 0. The summed E-state index contributed by atoms with van der Waals surface area (Å²) in [5, 5.41) is 3.40. The third-order valence-corrected chi connectivity index (χ3v) is 5.98. The molecule has 4 rings (SSSR count). The first-order valence-corrected chi connectivity index (χ1v) is 16.4. The zero-order valence-electron chi connectivity index (χ0n) is 29.3. The monoisotopic (exact) mass is 604 g/mol. The number of allylic oxidation sites excluding steroid dienone is 1. The zero-order chi connectivity index (χ0) is 33.8. The number of piperazine rings is 1. The lowest BCUT2D eigenvalue weighted by Gasteiger charge is -2.27. The summed E-state index contributed by atoms with van der Waals surface area (Å²) in [5.74, 6) is 0.812. The van der Waals surface area contributed by atoms with Crippen LogP contribution in [0.15, 0.2) is 79.4 Å². The second-order valence-electron chi connectivity index (χ2n) is 9.09. The molecule has 5 heteroatoms. The van der Waals surface area contributed by atoms with Crippen molar-refractivity contribution in [2.24, 2.45) is 0 Å². The van der Waals surface area contributed by atoms with Gasteiger partial charge in [0.15, 0.2) is 0 Å². The fraction of sp³-hybridized carbons (Fsp3) is 0.436. The van der Waals surface area contributed by atoms with E-state index in [9.17, 15) is 9.59 Å². The average Bonchev–Trinajstić information content (AvgIpc) is 3.09. The Bertz CT molecular complexity index is 1120. The SMILES string of the molecule is C=C(C)c1ccc(-c2ccc(OCc3ccc(CN4CCNCC4)cc3)cc2)cc1.CC.CC.CC.CC.CC(=O)CC=O. The molecule has 0 saturated carbocycles. The smallest absolute Gasteiger partial charge is 0.136 e. The largest absolute Gasteiger partial charge is 0.489 e. The minimum absolute atomic E-state index is 0.0556. The third-order valence-electron chi connectivity index (χ3n) is 5.98. The number of carbonyl (C=O) groups excluding carboxylic acids is 2. The standard InChI is InChI=1S/C27H30N2O.C4H6O2.4C2H6/c1-21(2)24-7-9-25(10-8-24)26-11-13-27(14-12-26)30-20-23-5-3-22(4-6-23)19-29-17-15-28-16-18-29;1-4(6)2-3-5;4*1-2/h3-14,28H,1,15-20H2,2H3;3H,2H2,1H3;4*1-2H3. The number of ether oxygens (including phenoxy) is 1. The molecule has 0 unspecified atom stereocenters. The normalized spacial score (nSPS) is 11.4. The molecule has 0 bridgehead atoms. The molecule has 0 spiro atoms. The summed E-state index contributed by atoms with van der Waals surface area (Å²) in [6.07, 6.45) is 0.655. The van der Waals surface area contributed by atoms with Gasteiger partial charge in [0.1, 0.15) is 24.4 Å². The van der Waals surface area contributed by atoms with Gasteiger partial charge in [-0.3, -0.25) is 9.69 Å². The first kappa shape index (κ1) is 42.6. The van der Waals surface area contributed by atoms with E-state index >= 15 is 0 Å². The van der Waals surface area contributed by atoms with E-state index in [1.54, 1.807) is 0 Å². The molecule has 0 amide bonds. The topological polar surface area (TPSA) is 58.6 Å². The van der Waals surface area contributed by atoms with Crippen molar-refractivity contribution in [1.82, 2.24) is 10.2 Å². The van der Waals surface area contributed by atoms with Crippen LogP contribution in [0.5, 0.6) is 5.75 Å². The highest BCUT2D eigenvalue weighted by molar-refractivity contribution is 5.87. The Balaban J connectivity index is 0. The molecule has 1 fully saturated rings. The van der Waals surface area contributed by atoms with Gasteiger partial charge in [-0.2, -0.15) is 0 Å². The molecule has 44 heavy (non-hydrogen) atoms. The lowest BCUT2D eigenvalue weighted by Crippen LogP contribution is -2.42. The lowest BCUT2D eigenvalue weighted by molar-refractivity contribution is -0.120. The number of carbonyl (C=O) groups is 2. The van der Waals surface area contributed by atoms with Crippen LogP contribution in [0, 0.1) is 0 Å². The first-order valence-electron chi connectivity index (χ1n) is 16.4. The van der Waals surface area contributed by atoms with Crippen LogP contribution in [0.4, 0.5) is 0 Å². The Kier molecular flexibility index (Phi) is 27.3. The van der Waals surface area contributed by atoms with Crippen LogP contribution >= 0.6 is 0 Å². The molecule has 0 aromatic heterocycles. The Morgan fingerprint density at radius 1 is 0.750 bits per heavy atom. The van der Waals surface area contributed by atoms with Crippen molar-refractivity contribution >= 4 is 17.6 Å². The predicted molar refractivity (Wildman–Crippen MR) is 192 cm³/mol. The minimum Gasteiger partial charge on any atom is -0.489 e. The summed E-state index contributed by atoms with van der Waals surface area (Å²) in [4.78, 5) is 21.7. The highest BCUT2D eigenvalue weighted by atomic mass is 16.5. The maximum Gasteiger partial charge on any atom is 0.136 e. The van der Waals surface area contributed by atoms with Crippen molar-refractivity contribution in [3.63, 3.8) is 0 Å². The molecule has 3 aromatic rings. The maximum atomic E-state index is 9.81. The number of rotatable bonds is 9. The number of hydrogen-bond donors (Lipinski definition) is 1. The Morgan fingerprint density at radius 3 is 1.61 bits per heavy atom. The van der Waals surface area contributed by atoms with Crippen molar-refractivity contribution < 1.29 is 14.3 Å². The molecule has 0 radical (unpaired) electrons. The van der Waals surface area contributed by atoms with Gasteiger partial charge in [0.2, 0.25) is 0 Å². The summed E-state index contributed by atoms with van der Waals surface area (Å²) in [6, 6.07) is 25.6. The van der Waals surface area contributed by atoms with E-state index in [4.69, 9.17) is 4.74 Å². The molecule has 1 saturated heterocycles. The van der Waals surface area contributed by atoms with Crippen molar-refractivity contribution in [3.05, 3.63) is 96.1 Å². The first-order chi connectivity index (χ1) is 21.4. The minimum atomic E-state index is -0.0787. The number of aldehydes is 1. The van der Waals surface area contributed by atoms with E-state index in [1.165, 1.54) is 34.7 Å². The highest BCUT2D eigenvalue weighted by Gasteiger charge is 2.09. The van der Waals surface area contributed by atoms with Crippen molar-refractivity contribution in [3.8, 4) is 16.9 Å². The van der Waals surface area contributed by atoms with Gasteiger partial charge in [-0.05, 0) is 53.8 Å². The molecular weight excluding hydrogens is 544 g/mol. The molecule has 0 aliphatic carbocycles. The van der Waals surface area contributed by atoms with Gasteiger partial charge < -0.3 is 14.8 Å². The maximum absolute atomic E-state index is 9.81. The molecule has 3 aromatic carbocycles. The molecule has 244 valence electrons. The van der Waals surface area contributed by atoms with Crippen LogP contribution < -0.4 is 10.1 Å². The number of nitrogens with zero attached hydrogens (tertiary/aromatic N) is 1. The van der Waals surface area contributed by atoms with Gasteiger partial charge in [0.05, 0.1) is 6.42 Å². The fourth-order valence-corrected chi connectivity index (χ4v) is 3.84. The molecule has 1 aliphatic heterocycles. The summed E-state index contributed by atoms with van der Waals surface area (Å²) in [6.45, 7) is 29.4. The summed E-state index contributed by atoms with van der Waals surface area (Å²) < 4.78 is 5.99. The molecule has 5 nitrogen and oxygen atoms in total. The van der Waals surface area contributed by atoms with Crippen molar-refractivity contribution in [1.29, 1.82) is 0 Å². The number of nitrogens with one attached hydrogen (secondary N) is 1. The fourth-order valence-electron chi connectivity index (χ4n) is 3.84. The van der Waals surface area contributed by atoms with E-state index in [2.05, 4.69) is 77.5 Å². The van der Waals surface area contributed by atoms with Crippen molar-refractivity contribution in [2.45, 2.75) is 88.8 Å². The molecular formula is C39H60N2O3. The van der Waals surface area contributed by atoms with Crippen LogP contribution in [-0.4, -0.2) is 43.1 Å². The molecule has 1 heterocycles. The highest BCUT2D eigenvalue weighted by Crippen LogP contribution is 2.24. The Morgan fingerprint density at radius 2 is 1.20 bits per heavy atom. The molecule has 0 atom stereocenters. The number of hydrogen-bond acceptors (Lipinski definition) is 5. The van der Waals surface area contributed by atoms with Crippen LogP contribution in [0.3, 0.4) is 0 Å². The van der Waals surface area contributed by atoms with Gasteiger partial charge in [-0.1, -0.05) is 128 Å². The predicted octanol–water partition coefficient (Wildman–Crippen LogP) is 9.64. The molecule has 1 aliphatic rings. The van der Waals surface area contributed by atoms with Gasteiger partial charge in [0.25, 0.3) is 0 Å². The number of Topliss-reactive ketones (excluding diaryl/α,β-unsaturated/α-hetero) is 1. The van der Waals surface area contributed by atoms with Gasteiger partial charge in [0, 0.05) is 32.7 Å². The van der Waals surface area contributed by atoms with Crippen LogP contribution in [0.25, 0.3) is 16.7 Å². The van der Waals surface area contributed by atoms with Gasteiger partial charge in [-0.15, -0.1) is 0 Å². The Hall–Kier alpha value is -3.54. The second-order valence-corrected chi connectivity index (χ2v) is 9.09. The van der Waals surface area contributed by atoms with E-state index in [0.717, 1.165) is 44.0 Å². The second kappa shape index (κ2) is 28.2. The van der Waals surface area contributed by atoms with Crippen molar-refractivity contribution in [2.75, 3.05) is 26.2 Å². The summed E-state index contributed by atoms with van der Waals surface area (Å²) in [5.41, 5.74) is 7.21. The van der Waals surface area contributed by atoms with Crippen LogP contribution in [-0.2, 0) is 22.7 Å². The van der Waals surface area contributed by atoms with Crippen LogP contribution in [0.2, 0.25) is 0 Å². The third kappa shape index (κ3) is 18.2. The number of benzene rings is 3. The van der Waals surface area contributed by atoms with E-state index in [0.29, 0.717) is 12.9 Å². The van der Waals surface area contributed by atoms with Gasteiger partial charge >= 0.3 is 0 Å². The van der Waals surface area contributed by atoms with E-state index in [1.807, 2.05) is 74.4 Å². The van der Waals surface area contributed by atoms with Gasteiger partial charge in [-0.25, -0.2) is 0 Å². The van der Waals surface area contributed by atoms with E-state index < -0.39 is 0 Å². The zero-order valence-corrected chi connectivity index (χ0v) is 29.3. The molecule has 1 N–H and O–H groups in total. The quantitative estimate of drug-likeness (QED) is 0.195. The van der Waals surface area contributed by atoms with E-state index in [-0.39, 0.29) is 12.2 Å². The summed E-state index contributed by atoms with van der Waals surface area (Å²) in [7, 11) is 0. The number of ketones is 1. The lowest BCUT2D eigenvalue weighted by atomic mass is 10.0. The van der Waals surface area contributed by atoms with Crippen LogP contribution in [0.1, 0.15) is 92.3 Å². The average molecular weight is 605 g/mol. The Labute approximate surface area is 269 Å².